The topological polar surface area (TPSA) is 43.1 Å². The average molecular weight is 251 g/mol. The van der Waals surface area contributed by atoms with E-state index in [1.54, 1.807) is 0 Å². The number of nitrogens with two attached hydrogens (primary N) is 1. The van der Waals surface area contributed by atoms with Gasteiger partial charge in [0.2, 0.25) is 0 Å². The lowest BCUT2D eigenvalue weighted by atomic mass is 10.0. The monoisotopic (exact) mass is 251 g/mol. The number of benzene rings is 1. The van der Waals surface area contributed by atoms with Crippen molar-refractivity contribution in [3.8, 4) is 0 Å². The smallest absolute Gasteiger partial charge is 0.0547 e. The van der Waals surface area contributed by atoms with Crippen LogP contribution in [-0.2, 0) is 10.8 Å². The quantitative estimate of drug-likeness (QED) is 0.894. The summed E-state index contributed by atoms with van der Waals surface area (Å²) in [5, 5.41) is 0. The van der Waals surface area contributed by atoms with Crippen LogP contribution < -0.4 is 5.73 Å². The fourth-order valence-electron chi connectivity index (χ4n) is 2.60. The van der Waals surface area contributed by atoms with E-state index in [0.717, 1.165) is 10.5 Å². The third-order valence-electron chi connectivity index (χ3n) is 3.69. The fourth-order valence-corrected chi connectivity index (χ4v) is 4.06. The van der Waals surface area contributed by atoms with Crippen LogP contribution in [0.3, 0.4) is 0 Å². The number of rotatable bonds is 4. The SMILES string of the molecule is Cc1ccccc1S(=O)CC(N)C1CCCC1. The highest BCUT2D eigenvalue weighted by molar-refractivity contribution is 7.85. The molecule has 17 heavy (non-hydrogen) atoms. The molecule has 0 amide bonds. The zero-order valence-electron chi connectivity index (χ0n) is 10.4. The summed E-state index contributed by atoms with van der Waals surface area (Å²) in [6.45, 7) is 2.01. The molecular formula is C14H21NOS. The van der Waals surface area contributed by atoms with E-state index in [2.05, 4.69) is 0 Å². The largest absolute Gasteiger partial charge is 0.327 e. The van der Waals surface area contributed by atoms with Crippen molar-refractivity contribution in [3.05, 3.63) is 29.8 Å². The Hall–Kier alpha value is -0.670. The van der Waals surface area contributed by atoms with Crippen LogP contribution >= 0.6 is 0 Å². The lowest BCUT2D eigenvalue weighted by Crippen LogP contribution is -2.34. The van der Waals surface area contributed by atoms with Crippen LogP contribution in [0.1, 0.15) is 31.2 Å². The summed E-state index contributed by atoms with van der Waals surface area (Å²) in [6.07, 6.45) is 5.00. The third kappa shape index (κ3) is 3.17. The summed E-state index contributed by atoms with van der Waals surface area (Å²) in [4.78, 5) is 0.945. The molecule has 1 aliphatic rings. The molecule has 1 aliphatic carbocycles. The van der Waals surface area contributed by atoms with Gasteiger partial charge in [-0.05, 0) is 37.3 Å². The zero-order valence-corrected chi connectivity index (χ0v) is 11.2. The van der Waals surface area contributed by atoms with Crippen molar-refractivity contribution in [2.24, 2.45) is 11.7 Å². The van der Waals surface area contributed by atoms with Crippen LogP contribution in [0.15, 0.2) is 29.2 Å². The van der Waals surface area contributed by atoms with Crippen molar-refractivity contribution >= 4 is 10.8 Å². The van der Waals surface area contributed by atoms with E-state index in [-0.39, 0.29) is 6.04 Å². The molecule has 2 unspecified atom stereocenters. The van der Waals surface area contributed by atoms with E-state index in [0.29, 0.717) is 11.7 Å². The highest BCUT2D eigenvalue weighted by Gasteiger charge is 2.24. The molecule has 94 valence electrons. The van der Waals surface area contributed by atoms with Gasteiger partial charge in [-0.2, -0.15) is 0 Å². The van der Waals surface area contributed by atoms with Gasteiger partial charge in [0.25, 0.3) is 0 Å². The van der Waals surface area contributed by atoms with E-state index in [4.69, 9.17) is 5.73 Å². The first kappa shape index (κ1) is 12.8. The standard InChI is InChI=1S/C14H21NOS/c1-11-6-2-5-9-14(11)17(16)10-13(15)12-7-3-4-8-12/h2,5-6,9,12-13H,3-4,7-8,10,15H2,1H3. The Morgan fingerprint density at radius 3 is 2.65 bits per heavy atom. The molecule has 0 aliphatic heterocycles. The van der Waals surface area contributed by atoms with Crippen molar-refractivity contribution in [1.29, 1.82) is 0 Å². The van der Waals surface area contributed by atoms with E-state index < -0.39 is 10.8 Å². The predicted octanol–water partition coefficient (Wildman–Crippen LogP) is 2.62. The minimum absolute atomic E-state index is 0.0953. The minimum Gasteiger partial charge on any atom is -0.327 e. The molecule has 0 heterocycles. The maximum Gasteiger partial charge on any atom is 0.0547 e. The van der Waals surface area contributed by atoms with Crippen LogP contribution in [0, 0.1) is 12.8 Å². The molecule has 1 fully saturated rings. The van der Waals surface area contributed by atoms with Gasteiger partial charge in [-0.25, -0.2) is 0 Å². The first-order chi connectivity index (χ1) is 8.18. The Labute approximate surface area is 106 Å². The maximum atomic E-state index is 12.3. The predicted molar refractivity (Wildman–Crippen MR) is 72.4 cm³/mol. The molecule has 2 N–H and O–H groups in total. The summed E-state index contributed by atoms with van der Waals surface area (Å²) >= 11 is 0. The molecule has 2 rings (SSSR count). The second kappa shape index (κ2) is 5.78. The zero-order chi connectivity index (χ0) is 12.3. The normalized spacial score (nSPS) is 20.4. The number of hydrogen-bond donors (Lipinski definition) is 1. The van der Waals surface area contributed by atoms with Crippen molar-refractivity contribution in [1.82, 2.24) is 0 Å². The second-order valence-electron chi connectivity index (χ2n) is 4.99. The summed E-state index contributed by atoms with van der Waals surface area (Å²) in [5.41, 5.74) is 7.28. The van der Waals surface area contributed by atoms with Gasteiger partial charge in [0.05, 0.1) is 10.8 Å². The van der Waals surface area contributed by atoms with Gasteiger partial charge in [0.1, 0.15) is 0 Å². The average Bonchev–Trinajstić information content (AvgIpc) is 2.82. The summed E-state index contributed by atoms with van der Waals surface area (Å²) in [7, 11) is -0.946. The van der Waals surface area contributed by atoms with Gasteiger partial charge in [0, 0.05) is 16.7 Å². The summed E-state index contributed by atoms with van der Waals surface area (Å²) < 4.78 is 12.3. The molecule has 3 heteroatoms. The van der Waals surface area contributed by atoms with Crippen LogP contribution in [-0.4, -0.2) is 16.0 Å². The Morgan fingerprint density at radius 2 is 2.00 bits per heavy atom. The molecule has 0 saturated heterocycles. The van der Waals surface area contributed by atoms with Crippen molar-refractivity contribution in [3.63, 3.8) is 0 Å². The summed E-state index contributed by atoms with van der Waals surface area (Å²) in [6, 6.07) is 7.98. The maximum absolute atomic E-state index is 12.3. The second-order valence-corrected chi connectivity index (χ2v) is 6.45. The van der Waals surface area contributed by atoms with E-state index in [9.17, 15) is 4.21 Å². The Kier molecular flexibility index (Phi) is 4.35. The Balaban J connectivity index is 1.99. The highest BCUT2D eigenvalue weighted by Crippen LogP contribution is 2.27. The molecule has 0 aromatic heterocycles. The minimum atomic E-state index is -0.946. The van der Waals surface area contributed by atoms with Crippen molar-refractivity contribution < 1.29 is 4.21 Å². The van der Waals surface area contributed by atoms with Crippen LogP contribution in [0.25, 0.3) is 0 Å². The van der Waals surface area contributed by atoms with Gasteiger partial charge < -0.3 is 5.73 Å². The number of aryl methyl sites for hydroxylation is 1. The third-order valence-corrected chi connectivity index (χ3v) is 5.32. The lowest BCUT2D eigenvalue weighted by molar-refractivity contribution is 0.460. The Morgan fingerprint density at radius 1 is 1.35 bits per heavy atom. The molecule has 0 bridgehead atoms. The van der Waals surface area contributed by atoms with Gasteiger partial charge in [0.15, 0.2) is 0 Å². The summed E-state index contributed by atoms with van der Waals surface area (Å²) in [5.74, 6) is 1.19. The van der Waals surface area contributed by atoms with Crippen LogP contribution in [0.4, 0.5) is 0 Å². The van der Waals surface area contributed by atoms with Gasteiger partial charge in [-0.15, -0.1) is 0 Å². The van der Waals surface area contributed by atoms with Gasteiger partial charge in [-0.3, -0.25) is 4.21 Å². The molecule has 1 saturated carbocycles. The molecule has 0 radical (unpaired) electrons. The highest BCUT2D eigenvalue weighted by atomic mass is 32.2. The van der Waals surface area contributed by atoms with Crippen molar-refractivity contribution in [2.45, 2.75) is 43.5 Å². The first-order valence-corrected chi connectivity index (χ1v) is 7.70. The molecule has 0 spiro atoms. The lowest BCUT2D eigenvalue weighted by Gasteiger charge is -2.18. The fraction of sp³-hybridized carbons (Fsp3) is 0.571. The van der Waals surface area contributed by atoms with E-state index in [1.165, 1.54) is 25.7 Å². The van der Waals surface area contributed by atoms with E-state index >= 15 is 0 Å². The molecule has 2 nitrogen and oxygen atoms in total. The number of hydrogen-bond acceptors (Lipinski definition) is 2. The molecule has 1 aromatic carbocycles. The van der Waals surface area contributed by atoms with Crippen molar-refractivity contribution in [2.75, 3.05) is 5.75 Å². The van der Waals surface area contributed by atoms with Gasteiger partial charge in [-0.1, -0.05) is 31.0 Å². The molecular weight excluding hydrogens is 230 g/mol. The van der Waals surface area contributed by atoms with Crippen LogP contribution in [0.2, 0.25) is 0 Å². The van der Waals surface area contributed by atoms with Gasteiger partial charge >= 0.3 is 0 Å². The molecule has 2 atom stereocenters. The van der Waals surface area contributed by atoms with Crippen LogP contribution in [0.5, 0.6) is 0 Å². The molecule has 1 aromatic rings. The van der Waals surface area contributed by atoms with E-state index in [1.807, 2.05) is 31.2 Å². The first-order valence-electron chi connectivity index (χ1n) is 6.38. The Bertz CT molecular complexity index is 399.